The van der Waals surface area contributed by atoms with Crippen molar-refractivity contribution in [3.05, 3.63) is 58.6 Å². The first kappa shape index (κ1) is 15.6. The van der Waals surface area contributed by atoms with E-state index in [-0.39, 0.29) is 5.91 Å². The van der Waals surface area contributed by atoms with Gasteiger partial charge in [-0.05, 0) is 36.2 Å². The van der Waals surface area contributed by atoms with E-state index in [0.29, 0.717) is 13.0 Å². The fourth-order valence-corrected chi connectivity index (χ4v) is 2.36. The molecule has 0 saturated heterocycles. The first-order valence-electron chi connectivity index (χ1n) is 6.95. The average molecular weight is 348 g/mol. The Bertz CT molecular complexity index is 613. The number of benzene rings is 2. The van der Waals surface area contributed by atoms with E-state index in [0.717, 1.165) is 27.9 Å². The molecule has 0 spiro atoms. The van der Waals surface area contributed by atoms with Crippen molar-refractivity contribution in [2.75, 3.05) is 11.9 Å². The Labute approximate surface area is 133 Å². The second-order valence-electron chi connectivity index (χ2n) is 4.61. The molecule has 0 fully saturated rings. The van der Waals surface area contributed by atoms with Gasteiger partial charge in [0.25, 0.3) is 0 Å². The molecule has 0 saturated carbocycles. The summed E-state index contributed by atoms with van der Waals surface area (Å²) < 4.78 is 6.52. The van der Waals surface area contributed by atoms with Crippen LogP contribution in [0, 0.1) is 0 Å². The zero-order valence-electron chi connectivity index (χ0n) is 11.9. The fraction of sp³-hybridized carbons (Fsp3) is 0.235. The van der Waals surface area contributed by atoms with Gasteiger partial charge in [0.2, 0.25) is 5.91 Å². The van der Waals surface area contributed by atoms with Crippen molar-refractivity contribution in [1.82, 2.24) is 0 Å². The maximum atomic E-state index is 11.9. The third-order valence-electron chi connectivity index (χ3n) is 3.07. The van der Waals surface area contributed by atoms with E-state index in [4.69, 9.17) is 4.74 Å². The summed E-state index contributed by atoms with van der Waals surface area (Å²) in [6.07, 6.45) is 1.22. The van der Waals surface area contributed by atoms with Crippen LogP contribution in [0.3, 0.4) is 0 Å². The van der Waals surface area contributed by atoms with Gasteiger partial charge in [-0.15, -0.1) is 0 Å². The molecule has 0 bridgehead atoms. The van der Waals surface area contributed by atoms with Gasteiger partial charge in [0.1, 0.15) is 5.75 Å². The molecule has 2 rings (SSSR count). The van der Waals surface area contributed by atoms with Crippen LogP contribution in [0.5, 0.6) is 5.75 Å². The summed E-state index contributed by atoms with van der Waals surface area (Å²) in [7, 11) is 0. The number of anilines is 1. The van der Waals surface area contributed by atoms with E-state index < -0.39 is 0 Å². The molecule has 2 aromatic carbocycles. The highest BCUT2D eigenvalue weighted by Crippen LogP contribution is 2.18. The molecule has 0 unspecified atom stereocenters. The van der Waals surface area contributed by atoms with E-state index in [1.54, 1.807) is 0 Å². The van der Waals surface area contributed by atoms with Crippen molar-refractivity contribution in [3.8, 4) is 5.75 Å². The summed E-state index contributed by atoms with van der Waals surface area (Å²) in [6, 6.07) is 15.4. The highest BCUT2D eigenvalue weighted by Gasteiger charge is 2.06. The predicted molar refractivity (Wildman–Crippen MR) is 88.7 cm³/mol. The first-order chi connectivity index (χ1) is 10.2. The van der Waals surface area contributed by atoms with Crippen molar-refractivity contribution in [2.24, 2.45) is 0 Å². The Kier molecular flexibility index (Phi) is 5.81. The molecule has 3 nitrogen and oxygen atoms in total. The number of hydrogen-bond donors (Lipinski definition) is 1. The van der Waals surface area contributed by atoms with Crippen molar-refractivity contribution in [1.29, 1.82) is 0 Å². The first-order valence-corrected chi connectivity index (χ1v) is 7.74. The van der Waals surface area contributed by atoms with Crippen molar-refractivity contribution >= 4 is 27.5 Å². The van der Waals surface area contributed by atoms with Gasteiger partial charge in [-0.25, -0.2) is 0 Å². The van der Waals surface area contributed by atoms with Crippen molar-refractivity contribution in [3.63, 3.8) is 0 Å². The lowest BCUT2D eigenvalue weighted by atomic mass is 10.1. The second-order valence-corrected chi connectivity index (χ2v) is 5.53. The van der Waals surface area contributed by atoms with Gasteiger partial charge < -0.3 is 10.1 Å². The van der Waals surface area contributed by atoms with Crippen LogP contribution in [0.1, 0.15) is 18.9 Å². The summed E-state index contributed by atoms with van der Waals surface area (Å²) in [5.41, 5.74) is 2.02. The molecule has 1 amide bonds. The number of aryl methyl sites for hydroxylation is 1. The standard InChI is InChI=1S/C17H18BrNO2/c1-2-13-6-3-4-9-16(13)19-17(20)10-11-21-15-8-5-7-14(18)12-15/h3-9,12H,2,10-11H2,1H3,(H,19,20). The summed E-state index contributed by atoms with van der Waals surface area (Å²) in [5, 5.41) is 2.93. The SMILES string of the molecule is CCc1ccccc1NC(=O)CCOc1cccc(Br)c1. The normalized spacial score (nSPS) is 10.2. The Balaban J connectivity index is 1.82. The van der Waals surface area contributed by atoms with E-state index in [2.05, 4.69) is 28.2 Å². The number of ether oxygens (including phenoxy) is 1. The molecule has 21 heavy (non-hydrogen) atoms. The van der Waals surface area contributed by atoms with E-state index in [9.17, 15) is 4.79 Å². The summed E-state index contributed by atoms with van der Waals surface area (Å²) in [5.74, 6) is 0.719. The molecule has 0 aliphatic carbocycles. The molecule has 0 aliphatic rings. The van der Waals surface area contributed by atoms with Crippen LogP contribution in [0.2, 0.25) is 0 Å². The van der Waals surface area contributed by atoms with Gasteiger partial charge in [0, 0.05) is 10.2 Å². The number of rotatable bonds is 6. The predicted octanol–water partition coefficient (Wildman–Crippen LogP) is 4.42. The topological polar surface area (TPSA) is 38.3 Å². The Hall–Kier alpha value is -1.81. The maximum absolute atomic E-state index is 11.9. The minimum atomic E-state index is -0.0362. The van der Waals surface area contributed by atoms with Gasteiger partial charge in [-0.2, -0.15) is 0 Å². The van der Waals surface area contributed by atoms with Crippen LogP contribution < -0.4 is 10.1 Å². The van der Waals surface area contributed by atoms with Gasteiger partial charge in [-0.1, -0.05) is 47.1 Å². The third kappa shape index (κ3) is 4.90. The molecule has 0 radical (unpaired) electrons. The molecule has 0 heterocycles. The molecule has 0 aromatic heterocycles. The lowest BCUT2D eigenvalue weighted by molar-refractivity contribution is -0.116. The molecule has 1 N–H and O–H groups in total. The highest BCUT2D eigenvalue weighted by molar-refractivity contribution is 9.10. The molecular formula is C17H18BrNO2. The molecular weight excluding hydrogens is 330 g/mol. The molecule has 110 valence electrons. The minimum absolute atomic E-state index is 0.0362. The lowest BCUT2D eigenvalue weighted by Gasteiger charge is -2.10. The summed E-state index contributed by atoms with van der Waals surface area (Å²) >= 11 is 3.38. The number of para-hydroxylation sites is 1. The van der Waals surface area contributed by atoms with Crippen LogP contribution in [-0.4, -0.2) is 12.5 Å². The summed E-state index contributed by atoms with van der Waals surface area (Å²) in [4.78, 5) is 11.9. The largest absolute Gasteiger partial charge is 0.493 e. The zero-order valence-corrected chi connectivity index (χ0v) is 13.5. The van der Waals surface area contributed by atoms with Crippen molar-refractivity contribution in [2.45, 2.75) is 19.8 Å². The summed E-state index contributed by atoms with van der Waals surface area (Å²) in [6.45, 7) is 2.43. The monoisotopic (exact) mass is 347 g/mol. The zero-order chi connectivity index (χ0) is 15.1. The Morgan fingerprint density at radius 3 is 2.76 bits per heavy atom. The molecule has 4 heteroatoms. The van der Waals surface area contributed by atoms with Crippen LogP contribution in [0.4, 0.5) is 5.69 Å². The smallest absolute Gasteiger partial charge is 0.227 e. The molecule has 0 aliphatic heterocycles. The number of nitrogens with one attached hydrogen (secondary N) is 1. The second kappa shape index (κ2) is 7.84. The minimum Gasteiger partial charge on any atom is -0.493 e. The van der Waals surface area contributed by atoms with Crippen LogP contribution in [-0.2, 0) is 11.2 Å². The number of amides is 1. The van der Waals surface area contributed by atoms with Gasteiger partial charge in [-0.3, -0.25) is 4.79 Å². The van der Waals surface area contributed by atoms with Crippen LogP contribution >= 0.6 is 15.9 Å². The van der Waals surface area contributed by atoms with E-state index >= 15 is 0 Å². The van der Waals surface area contributed by atoms with Gasteiger partial charge in [0.15, 0.2) is 0 Å². The van der Waals surface area contributed by atoms with E-state index in [1.807, 2.05) is 48.5 Å². The molecule has 0 atom stereocenters. The number of carbonyl (C=O) groups is 1. The van der Waals surface area contributed by atoms with Crippen molar-refractivity contribution < 1.29 is 9.53 Å². The fourth-order valence-electron chi connectivity index (χ4n) is 1.98. The maximum Gasteiger partial charge on any atom is 0.227 e. The average Bonchev–Trinajstić information content (AvgIpc) is 2.48. The lowest BCUT2D eigenvalue weighted by Crippen LogP contribution is -2.16. The van der Waals surface area contributed by atoms with Gasteiger partial charge >= 0.3 is 0 Å². The van der Waals surface area contributed by atoms with Crippen LogP contribution in [0.15, 0.2) is 53.0 Å². The van der Waals surface area contributed by atoms with Crippen LogP contribution in [0.25, 0.3) is 0 Å². The number of carbonyl (C=O) groups excluding carboxylic acids is 1. The third-order valence-corrected chi connectivity index (χ3v) is 3.56. The molecule has 2 aromatic rings. The van der Waals surface area contributed by atoms with Gasteiger partial charge in [0.05, 0.1) is 13.0 Å². The Morgan fingerprint density at radius 1 is 1.19 bits per heavy atom. The Morgan fingerprint density at radius 2 is 2.00 bits per heavy atom. The quantitative estimate of drug-likeness (QED) is 0.839. The number of hydrogen-bond acceptors (Lipinski definition) is 2. The highest BCUT2D eigenvalue weighted by atomic mass is 79.9. The van der Waals surface area contributed by atoms with E-state index in [1.165, 1.54) is 0 Å². The number of halogens is 1.